The third kappa shape index (κ3) is 6.63. The highest BCUT2D eigenvalue weighted by atomic mass is 32.2. The van der Waals surface area contributed by atoms with Crippen molar-refractivity contribution in [2.24, 2.45) is 28.3 Å². The van der Waals surface area contributed by atoms with Crippen LogP contribution < -0.4 is 21.5 Å². The number of sulfonamides is 1. The van der Waals surface area contributed by atoms with E-state index >= 15 is 0 Å². The molecule has 0 saturated carbocycles. The third-order valence-corrected chi connectivity index (χ3v) is 8.09. The summed E-state index contributed by atoms with van der Waals surface area (Å²) in [4.78, 5) is 30.7. The van der Waals surface area contributed by atoms with Crippen molar-refractivity contribution < 1.29 is 23.1 Å². The SMILES string of the molecule is C[C@@H]1CNc2c(cccc2S(=O)(=O)N[C@H](CCCN=C(N)N)C(=O)N2CC[C@H](C)C[C@@H]2C(=O)O)C1. The normalized spacial score (nSPS) is 23.0. The molecular formula is C23H36N6O5S. The van der Waals surface area contributed by atoms with Gasteiger partial charge in [-0.25, -0.2) is 13.2 Å². The lowest BCUT2D eigenvalue weighted by atomic mass is 9.91. The van der Waals surface area contributed by atoms with E-state index in [2.05, 4.69) is 22.0 Å². The summed E-state index contributed by atoms with van der Waals surface area (Å²) >= 11 is 0. The van der Waals surface area contributed by atoms with Crippen LogP contribution in [0.1, 0.15) is 45.1 Å². The van der Waals surface area contributed by atoms with Crippen molar-refractivity contribution in [3.8, 4) is 0 Å². The molecule has 0 aliphatic carbocycles. The number of nitrogens with two attached hydrogens (primary N) is 2. The first-order valence-electron chi connectivity index (χ1n) is 12.0. The minimum absolute atomic E-state index is 0.0750. The third-order valence-electron chi connectivity index (χ3n) is 6.57. The molecule has 0 radical (unpaired) electrons. The molecule has 0 aromatic heterocycles. The Morgan fingerprint density at radius 3 is 2.71 bits per heavy atom. The maximum absolute atomic E-state index is 13.5. The van der Waals surface area contributed by atoms with Gasteiger partial charge in [0.2, 0.25) is 15.9 Å². The second-order valence-corrected chi connectivity index (χ2v) is 11.3. The van der Waals surface area contributed by atoms with Crippen molar-refractivity contribution in [2.45, 2.75) is 62.9 Å². The number of hydrogen-bond donors (Lipinski definition) is 5. The lowest BCUT2D eigenvalue weighted by molar-refractivity contribution is -0.153. The zero-order chi connectivity index (χ0) is 25.8. The smallest absolute Gasteiger partial charge is 0.326 e. The first-order valence-corrected chi connectivity index (χ1v) is 13.4. The van der Waals surface area contributed by atoms with Crippen LogP contribution >= 0.6 is 0 Å². The summed E-state index contributed by atoms with van der Waals surface area (Å²) in [5.74, 6) is -1.22. The molecule has 0 bridgehead atoms. The van der Waals surface area contributed by atoms with Crippen molar-refractivity contribution in [1.29, 1.82) is 0 Å². The number of aliphatic carboxylic acids is 1. The molecule has 7 N–H and O–H groups in total. The molecular weight excluding hydrogens is 472 g/mol. The van der Waals surface area contributed by atoms with Crippen LogP contribution in [-0.2, 0) is 26.0 Å². The molecule has 0 spiro atoms. The molecule has 12 heteroatoms. The number of anilines is 1. The van der Waals surface area contributed by atoms with Crippen LogP contribution in [0.2, 0.25) is 0 Å². The van der Waals surface area contributed by atoms with Crippen LogP contribution in [-0.4, -0.2) is 68.0 Å². The van der Waals surface area contributed by atoms with Crippen LogP contribution in [0, 0.1) is 11.8 Å². The first-order chi connectivity index (χ1) is 16.5. The second kappa shape index (κ2) is 11.3. The summed E-state index contributed by atoms with van der Waals surface area (Å²) in [7, 11) is -4.10. The molecule has 4 atom stereocenters. The highest BCUT2D eigenvalue weighted by Crippen LogP contribution is 2.31. The van der Waals surface area contributed by atoms with E-state index in [1.165, 1.54) is 11.0 Å². The number of piperidine rings is 1. The zero-order valence-electron chi connectivity index (χ0n) is 20.2. The molecule has 0 unspecified atom stereocenters. The topological polar surface area (TPSA) is 180 Å². The van der Waals surface area contributed by atoms with Crippen LogP contribution in [0.5, 0.6) is 0 Å². The Bertz CT molecular complexity index is 1070. The minimum atomic E-state index is -4.10. The Kier molecular flexibility index (Phi) is 8.60. The molecule has 2 aliphatic heterocycles. The van der Waals surface area contributed by atoms with Crippen molar-refractivity contribution in [3.05, 3.63) is 23.8 Å². The van der Waals surface area contributed by atoms with Crippen LogP contribution in [0.4, 0.5) is 5.69 Å². The number of hydrogen-bond acceptors (Lipinski definition) is 6. The number of nitrogens with one attached hydrogen (secondary N) is 2. The van der Waals surface area contributed by atoms with E-state index in [0.717, 1.165) is 12.0 Å². The van der Waals surface area contributed by atoms with E-state index in [4.69, 9.17) is 11.5 Å². The number of fused-ring (bicyclic) bond motifs is 1. The Balaban J connectivity index is 1.88. The van der Waals surface area contributed by atoms with Crippen molar-refractivity contribution in [3.63, 3.8) is 0 Å². The summed E-state index contributed by atoms with van der Waals surface area (Å²) in [6, 6.07) is 2.94. The highest BCUT2D eigenvalue weighted by molar-refractivity contribution is 7.89. The summed E-state index contributed by atoms with van der Waals surface area (Å²) < 4.78 is 29.5. The Hall–Kier alpha value is -2.86. The number of carbonyl (C=O) groups is 2. The average molecular weight is 509 g/mol. The molecule has 3 rings (SSSR count). The standard InChI is InChI=1S/C23H36N6O5S/c1-14-8-10-29(18(12-14)22(31)32)21(30)17(6-4-9-26-23(24)25)28-35(33,34)19-7-3-5-16-11-15(2)13-27-20(16)19/h3,5,7,14-15,17-18,27-28H,4,6,8-13H2,1-2H3,(H,31,32)(H4,24,25,26)/t14-,15-,17+,18+/m0/s1. The summed E-state index contributed by atoms with van der Waals surface area (Å²) in [6.45, 7) is 5.14. The van der Waals surface area contributed by atoms with E-state index in [1.807, 2.05) is 13.0 Å². The lowest BCUT2D eigenvalue weighted by Crippen LogP contribution is -2.56. The number of amides is 1. The maximum atomic E-state index is 13.5. The summed E-state index contributed by atoms with van der Waals surface area (Å²) in [5, 5.41) is 12.9. The maximum Gasteiger partial charge on any atom is 0.326 e. The zero-order valence-corrected chi connectivity index (χ0v) is 21.1. The number of carboxylic acids is 1. The van der Waals surface area contributed by atoms with Gasteiger partial charge in [0.15, 0.2) is 5.96 Å². The van der Waals surface area contributed by atoms with Gasteiger partial charge in [-0.05, 0) is 55.6 Å². The van der Waals surface area contributed by atoms with E-state index in [-0.39, 0.29) is 36.3 Å². The molecule has 194 valence electrons. The van der Waals surface area contributed by atoms with Gasteiger partial charge in [-0.15, -0.1) is 0 Å². The first kappa shape index (κ1) is 26.7. The number of aliphatic imine (C=N–C) groups is 1. The number of rotatable bonds is 9. The van der Waals surface area contributed by atoms with E-state index in [9.17, 15) is 23.1 Å². The van der Waals surface area contributed by atoms with Gasteiger partial charge in [0.25, 0.3) is 0 Å². The second-order valence-electron chi connectivity index (χ2n) is 9.62. The number of nitrogens with zero attached hydrogens (tertiary/aromatic N) is 2. The minimum Gasteiger partial charge on any atom is -0.480 e. The molecule has 1 saturated heterocycles. The number of para-hydroxylation sites is 1. The Morgan fingerprint density at radius 1 is 1.29 bits per heavy atom. The fourth-order valence-corrected chi connectivity index (χ4v) is 6.17. The van der Waals surface area contributed by atoms with E-state index in [0.29, 0.717) is 37.4 Å². The fourth-order valence-electron chi connectivity index (χ4n) is 4.72. The number of carbonyl (C=O) groups excluding carboxylic acids is 1. The van der Waals surface area contributed by atoms with Crippen LogP contribution in [0.3, 0.4) is 0 Å². The lowest BCUT2D eigenvalue weighted by Gasteiger charge is -2.38. The van der Waals surface area contributed by atoms with Gasteiger partial charge in [-0.3, -0.25) is 9.79 Å². The van der Waals surface area contributed by atoms with Gasteiger partial charge in [-0.1, -0.05) is 26.0 Å². The molecule has 1 aromatic rings. The van der Waals surface area contributed by atoms with Gasteiger partial charge in [-0.2, -0.15) is 4.72 Å². The molecule has 1 aromatic carbocycles. The highest BCUT2D eigenvalue weighted by Gasteiger charge is 2.39. The average Bonchev–Trinajstić information content (AvgIpc) is 2.79. The molecule has 2 aliphatic rings. The van der Waals surface area contributed by atoms with Crippen LogP contribution in [0.25, 0.3) is 0 Å². The molecule has 2 heterocycles. The molecule has 35 heavy (non-hydrogen) atoms. The number of carboxylic acid groups (broad SMARTS) is 1. The van der Waals surface area contributed by atoms with Gasteiger partial charge < -0.3 is 26.8 Å². The Morgan fingerprint density at radius 2 is 2.03 bits per heavy atom. The predicted octanol–water partition coefficient (Wildman–Crippen LogP) is 0.703. The molecule has 11 nitrogen and oxygen atoms in total. The van der Waals surface area contributed by atoms with Gasteiger partial charge in [0.05, 0.1) is 5.69 Å². The van der Waals surface area contributed by atoms with E-state index < -0.39 is 34.0 Å². The van der Waals surface area contributed by atoms with Gasteiger partial charge in [0, 0.05) is 19.6 Å². The monoisotopic (exact) mass is 508 g/mol. The number of benzene rings is 1. The quantitative estimate of drug-likeness (QED) is 0.184. The van der Waals surface area contributed by atoms with Gasteiger partial charge in [0.1, 0.15) is 17.0 Å². The largest absolute Gasteiger partial charge is 0.480 e. The van der Waals surface area contributed by atoms with Crippen LogP contribution in [0.15, 0.2) is 28.1 Å². The molecule has 1 amide bonds. The number of guanidine groups is 1. The van der Waals surface area contributed by atoms with Crippen molar-refractivity contribution in [1.82, 2.24) is 9.62 Å². The summed E-state index contributed by atoms with van der Waals surface area (Å²) in [5.41, 5.74) is 12.2. The Labute approximate surface area is 206 Å². The fraction of sp³-hybridized carbons (Fsp3) is 0.609. The van der Waals surface area contributed by atoms with Gasteiger partial charge >= 0.3 is 5.97 Å². The summed E-state index contributed by atoms with van der Waals surface area (Å²) in [6.07, 6.45) is 2.17. The predicted molar refractivity (Wildman–Crippen MR) is 133 cm³/mol. The molecule has 1 fully saturated rings. The van der Waals surface area contributed by atoms with E-state index in [1.54, 1.807) is 6.07 Å². The number of likely N-dealkylation sites (tertiary alicyclic amines) is 1. The van der Waals surface area contributed by atoms with Crippen molar-refractivity contribution in [2.75, 3.05) is 25.0 Å². The van der Waals surface area contributed by atoms with Crippen molar-refractivity contribution >= 4 is 33.5 Å².